The molecule has 0 aliphatic heterocycles. The number of hydrogen-bond donors (Lipinski definition) is 8. The van der Waals surface area contributed by atoms with E-state index in [1.165, 1.54) is 0 Å². The third-order valence-electron chi connectivity index (χ3n) is 0. The van der Waals surface area contributed by atoms with Crippen molar-refractivity contribution >= 4 is 18.1 Å². The molecular formula is H10KNaO8Si2. The van der Waals surface area contributed by atoms with Crippen LogP contribution >= 0.6 is 0 Å². The second-order valence-electron chi connectivity index (χ2n) is 1.20. The van der Waals surface area contributed by atoms with Crippen molar-refractivity contribution in [2.45, 2.75) is 0 Å². The first-order chi connectivity index (χ1) is 4.00. The average Bonchev–Trinajstić information content (AvgIpc) is 1.12. The zero-order chi connectivity index (χ0) is 9.00. The summed E-state index contributed by atoms with van der Waals surface area (Å²) in [5.41, 5.74) is 0. The molecule has 0 aliphatic rings. The van der Waals surface area contributed by atoms with Crippen LogP contribution in [0.3, 0.4) is 0 Å². The van der Waals surface area contributed by atoms with Crippen molar-refractivity contribution in [1.82, 2.24) is 0 Å². The maximum atomic E-state index is 7.33. The molecule has 0 saturated heterocycles. The molecule has 12 heavy (non-hydrogen) atoms. The summed E-state index contributed by atoms with van der Waals surface area (Å²) >= 11 is 0. The van der Waals surface area contributed by atoms with Gasteiger partial charge < -0.3 is 41.2 Å². The van der Waals surface area contributed by atoms with E-state index in [2.05, 4.69) is 0 Å². The molecule has 0 bridgehead atoms. The van der Waals surface area contributed by atoms with Crippen LogP contribution in [0, 0.1) is 0 Å². The second-order valence-corrected chi connectivity index (χ2v) is 3.60. The Morgan fingerprint density at radius 1 is 0.583 bits per heavy atom. The Bertz CT molecular complexity index is 68.3. The predicted octanol–water partition coefficient (Wildman–Crippen LogP) is -11.0. The Hall–Kier alpha value is 2.75. The van der Waals surface area contributed by atoms with Crippen LogP contribution in [0.15, 0.2) is 0 Å². The van der Waals surface area contributed by atoms with Gasteiger partial charge in [0.15, 0.2) is 0 Å². The molecule has 0 radical (unpaired) electrons. The van der Waals surface area contributed by atoms with E-state index in [9.17, 15) is 0 Å². The summed E-state index contributed by atoms with van der Waals surface area (Å²) in [4.78, 5) is 58.6. The van der Waals surface area contributed by atoms with Crippen LogP contribution in [0.1, 0.15) is 2.85 Å². The first kappa shape index (κ1) is 24.1. The number of hydrogen-bond acceptors (Lipinski definition) is 8. The van der Waals surface area contributed by atoms with Crippen LogP contribution in [0.25, 0.3) is 0 Å². The summed E-state index contributed by atoms with van der Waals surface area (Å²) in [6, 6.07) is 0. The topological polar surface area (TPSA) is 162 Å². The largest absolute Gasteiger partial charge is 1.00 e. The van der Waals surface area contributed by atoms with Crippen molar-refractivity contribution < 1.29 is 122 Å². The first-order valence-electron chi connectivity index (χ1n) is 1.79. The van der Waals surface area contributed by atoms with Gasteiger partial charge in [0.1, 0.15) is 0 Å². The minimum absolute atomic E-state index is 0. The average molecular weight is 256 g/mol. The van der Waals surface area contributed by atoms with Crippen LogP contribution in [-0.2, 0) is 0 Å². The van der Waals surface area contributed by atoms with Crippen LogP contribution in [0.2, 0.25) is 0 Å². The van der Waals surface area contributed by atoms with Gasteiger partial charge in [-0.1, -0.05) is 0 Å². The van der Waals surface area contributed by atoms with Gasteiger partial charge in [0.25, 0.3) is 0 Å². The summed E-state index contributed by atoms with van der Waals surface area (Å²) in [6.07, 6.45) is 0. The van der Waals surface area contributed by atoms with Crippen molar-refractivity contribution in [3.8, 4) is 0 Å². The van der Waals surface area contributed by atoms with E-state index in [1.807, 2.05) is 0 Å². The molecule has 68 valence electrons. The molecule has 0 aromatic carbocycles. The third kappa shape index (κ3) is 233. The van der Waals surface area contributed by atoms with Gasteiger partial charge in [-0.2, -0.15) is 0 Å². The van der Waals surface area contributed by atoms with Crippen LogP contribution in [0.5, 0.6) is 0 Å². The van der Waals surface area contributed by atoms with Crippen molar-refractivity contribution in [2.75, 3.05) is 0 Å². The molecule has 0 unspecified atom stereocenters. The molecule has 0 heterocycles. The van der Waals surface area contributed by atoms with E-state index in [0.29, 0.717) is 0 Å². The van der Waals surface area contributed by atoms with Gasteiger partial charge in [0.05, 0.1) is 0 Å². The van der Waals surface area contributed by atoms with Crippen LogP contribution < -0.4 is 80.9 Å². The monoisotopic (exact) mass is 256 g/mol. The molecule has 12 heteroatoms. The zero-order valence-electron chi connectivity index (χ0n) is 8.58. The molecule has 0 amide bonds. The molecule has 8 nitrogen and oxygen atoms in total. The Balaban J connectivity index is -0.0000000178. The van der Waals surface area contributed by atoms with E-state index in [0.717, 1.165) is 0 Å². The summed E-state index contributed by atoms with van der Waals surface area (Å²) in [5.74, 6) is 0. The Kier molecular flexibility index (Phi) is 20.7. The third-order valence-corrected chi connectivity index (χ3v) is 0. The Morgan fingerprint density at radius 2 is 0.583 bits per heavy atom. The summed E-state index contributed by atoms with van der Waals surface area (Å²) in [7, 11) is -9.22. The van der Waals surface area contributed by atoms with E-state index in [4.69, 9.17) is 38.4 Å². The van der Waals surface area contributed by atoms with Gasteiger partial charge in [-0.05, 0) is 0 Å². The fourth-order valence-electron chi connectivity index (χ4n) is 0. The van der Waals surface area contributed by atoms with E-state index >= 15 is 0 Å². The predicted molar refractivity (Wildman–Crippen MR) is 31.5 cm³/mol. The van der Waals surface area contributed by atoms with Crippen LogP contribution in [-0.4, -0.2) is 56.5 Å². The first-order valence-corrected chi connectivity index (χ1v) is 5.37. The quantitative estimate of drug-likeness (QED) is 0.198. The molecule has 0 aliphatic carbocycles. The van der Waals surface area contributed by atoms with E-state index < -0.39 is 18.1 Å². The van der Waals surface area contributed by atoms with Crippen molar-refractivity contribution in [2.24, 2.45) is 0 Å². The normalized spacial score (nSPS) is 10.0. The molecule has 0 spiro atoms. The molecule has 0 aromatic rings. The van der Waals surface area contributed by atoms with Gasteiger partial charge >= 0.3 is 99.0 Å². The number of rotatable bonds is 0. The fraction of sp³-hybridized carbons (Fsp3) is 0. The fourth-order valence-corrected chi connectivity index (χ4v) is 0. The second kappa shape index (κ2) is 10.3. The molecule has 0 atom stereocenters. The summed E-state index contributed by atoms with van der Waals surface area (Å²) < 4.78 is 0. The zero-order valence-corrected chi connectivity index (χ0v) is 13.7. The standard InChI is InChI=1S/K.Na.2H4O4Si.2H/c;;2*1-5(2,3)4;;/h;;2*1-4H;;/q2*+1;;;2*-1. The minimum Gasteiger partial charge on any atom is -1.00 e. The van der Waals surface area contributed by atoms with E-state index in [1.54, 1.807) is 0 Å². The molecule has 0 aromatic heterocycles. The van der Waals surface area contributed by atoms with E-state index in [-0.39, 0.29) is 83.8 Å². The van der Waals surface area contributed by atoms with Crippen molar-refractivity contribution in [3.63, 3.8) is 0 Å². The Morgan fingerprint density at radius 3 is 0.583 bits per heavy atom. The molecule has 0 fully saturated rings. The molecule has 0 rings (SSSR count). The molecule has 0 saturated carbocycles. The van der Waals surface area contributed by atoms with Crippen LogP contribution in [0.4, 0.5) is 0 Å². The van der Waals surface area contributed by atoms with Gasteiger partial charge in [-0.3, -0.25) is 0 Å². The van der Waals surface area contributed by atoms with Crippen molar-refractivity contribution in [3.05, 3.63) is 0 Å². The summed E-state index contributed by atoms with van der Waals surface area (Å²) in [6.45, 7) is 0. The molecule has 8 N–H and O–H groups in total. The summed E-state index contributed by atoms with van der Waals surface area (Å²) in [5, 5.41) is 0. The van der Waals surface area contributed by atoms with Gasteiger partial charge in [0, 0.05) is 0 Å². The smallest absolute Gasteiger partial charge is 1.00 e. The van der Waals surface area contributed by atoms with Gasteiger partial charge in [-0.15, -0.1) is 0 Å². The Labute approximate surface area is 138 Å². The van der Waals surface area contributed by atoms with Crippen molar-refractivity contribution in [1.29, 1.82) is 0 Å². The van der Waals surface area contributed by atoms with Gasteiger partial charge in [0.2, 0.25) is 0 Å². The SMILES string of the molecule is O[Si](O)(O)O.O[Si](O)(O)O.[H-].[H-].[K+].[Na+]. The van der Waals surface area contributed by atoms with Gasteiger partial charge in [-0.25, -0.2) is 0 Å². The minimum atomic E-state index is -4.61. The maximum absolute atomic E-state index is 7.33. The molecular weight excluding hydrogens is 246 g/mol. The maximum Gasteiger partial charge on any atom is 1.00 e.